The van der Waals surface area contributed by atoms with Gasteiger partial charge in [0, 0.05) is 18.7 Å². The highest BCUT2D eigenvalue weighted by Crippen LogP contribution is 2.33. The summed E-state index contributed by atoms with van der Waals surface area (Å²) in [5.41, 5.74) is 0.194. The number of nitro benzene ring substituents is 1. The third-order valence-electron chi connectivity index (χ3n) is 4.14. The molecule has 0 N–H and O–H groups in total. The summed E-state index contributed by atoms with van der Waals surface area (Å²) in [6.07, 6.45) is 1.38. The maximum atomic E-state index is 13.3. The predicted molar refractivity (Wildman–Crippen MR) is 108 cm³/mol. The van der Waals surface area contributed by atoms with E-state index in [2.05, 4.69) is 13.2 Å². The highest BCUT2D eigenvalue weighted by Gasteiger charge is 2.36. The first-order valence-corrected chi connectivity index (χ1v) is 9.87. The van der Waals surface area contributed by atoms with Gasteiger partial charge in [-0.2, -0.15) is 4.31 Å². The zero-order valence-corrected chi connectivity index (χ0v) is 16.5. The lowest BCUT2D eigenvalue weighted by Crippen LogP contribution is -2.37. The first-order chi connectivity index (χ1) is 13.7. The number of nitrogens with zero attached hydrogens (tertiary/aromatic N) is 2. The van der Waals surface area contributed by atoms with Gasteiger partial charge < -0.3 is 4.74 Å². The smallest absolute Gasteiger partial charge is 0.335 e. The molecule has 0 aliphatic carbocycles. The standard InChI is InChI=1S/C20H20N2O6S/c1-4-14-21(29(26,27)18-12-10-17(11-13-18)22(24)25)19(15(2)20(23)28-3)16-8-6-5-7-9-16/h4-13,19H,1-2,14H2,3H3. The number of rotatable bonds is 9. The van der Waals surface area contributed by atoms with E-state index in [9.17, 15) is 23.3 Å². The molecule has 0 bridgehead atoms. The van der Waals surface area contributed by atoms with Gasteiger partial charge in [-0.25, -0.2) is 13.2 Å². The Labute approximate surface area is 168 Å². The summed E-state index contributed by atoms with van der Waals surface area (Å²) >= 11 is 0. The summed E-state index contributed by atoms with van der Waals surface area (Å²) < 4.78 is 32.5. The van der Waals surface area contributed by atoms with E-state index in [4.69, 9.17) is 4.74 Å². The Hall–Kier alpha value is -3.30. The lowest BCUT2D eigenvalue weighted by molar-refractivity contribution is -0.384. The molecule has 0 aromatic heterocycles. The molecule has 2 rings (SSSR count). The number of non-ortho nitro benzene ring substituents is 1. The number of carbonyl (C=O) groups excluding carboxylic acids is 1. The minimum atomic E-state index is -4.17. The Morgan fingerprint density at radius 1 is 1.21 bits per heavy atom. The predicted octanol–water partition coefficient (Wildman–Crippen LogP) is 3.24. The molecule has 0 saturated carbocycles. The molecule has 0 amide bonds. The summed E-state index contributed by atoms with van der Waals surface area (Å²) in [4.78, 5) is 22.2. The summed E-state index contributed by atoms with van der Waals surface area (Å²) in [5, 5.41) is 10.9. The maximum absolute atomic E-state index is 13.3. The van der Waals surface area contributed by atoms with Crippen LogP contribution in [0, 0.1) is 10.1 Å². The van der Waals surface area contributed by atoms with Crippen LogP contribution in [-0.4, -0.2) is 37.3 Å². The van der Waals surface area contributed by atoms with Crippen LogP contribution in [0.2, 0.25) is 0 Å². The van der Waals surface area contributed by atoms with Crippen molar-refractivity contribution in [3.63, 3.8) is 0 Å². The first-order valence-electron chi connectivity index (χ1n) is 8.43. The van der Waals surface area contributed by atoms with Gasteiger partial charge in [0.15, 0.2) is 0 Å². The molecule has 0 heterocycles. The number of benzene rings is 2. The van der Waals surface area contributed by atoms with Crippen LogP contribution in [0.1, 0.15) is 11.6 Å². The van der Waals surface area contributed by atoms with Crippen LogP contribution in [0.3, 0.4) is 0 Å². The molecule has 0 aliphatic rings. The van der Waals surface area contributed by atoms with E-state index in [1.54, 1.807) is 30.3 Å². The van der Waals surface area contributed by atoms with Crippen LogP contribution < -0.4 is 0 Å². The van der Waals surface area contributed by atoms with Crippen LogP contribution in [0.5, 0.6) is 0 Å². The second-order valence-electron chi connectivity index (χ2n) is 5.94. The second kappa shape index (κ2) is 9.26. The summed E-state index contributed by atoms with van der Waals surface area (Å²) in [7, 11) is -2.99. The molecule has 0 radical (unpaired) electrons. The minimum Gasteiger partial charge on any atom is -0.466 e. The Morgan fingerprint density at radius 3 is 2.28 bits per heavy atom. The van der Waals surface area contributed by atoms with Crippen LogP contribution >= 0.6 is 0 Å². The van der Waals surface area contributed by atoms with Crippen molar-refractivity contribution in [2.24, 2.45) is 0 Å². The van der Waals surface area contributed by atoms with E-state index in [1.165, 1.54) is 13.2 Å². The average Bonchev–Trinajstić information content (AvgIpc) is 2.73. The minimum absolute atomic E-state index is 0.0777. The number of carbonyl (C=O) groups is 1. The molecular formula is C20H20N2O6S. The van der Waals surface area contributed by atoms with Crippen molar-refractivity contribution in [3.8, 4) is 0 Å². The number of sulfonamides is 1. The number of nitro groups is 1. The van der Waals surface area contributed by atoms with Gasteiger partial charge in [0.25, 0.3) is 5.69 Å². The van der Waals surface area contributed by atoms with E-state index in [0.29, 0.717) is 5.56 Å². The molecule has 0 aliphatic heterocycles. The van der Waals surface area contributed by atoms with Gasteiger partial charge in [-0.3, -0.25) is 10.1 Å². The maximum Gasteiger partial charge on any atom is 0.335 e. The fourth-order valence-corrected chi connectivity index (χ4v) is 4.34. The third kappa shape index (κ3) is 4.76. The summed E-state index contributed by atoms with van der Waals surface area (Å²) in [6, 6.07) is 11.9. The number of ether oxygens (including phenoxy) is 1. The first kappa shape index (κ1) is 22.0. The SMILES string of the molecule is C=CCN(C(C(=C)C(=O)OC)c1ccccc1)S(=O)(=O)c1ccc([N+](=O)[O-])cc1. The molecule has 8 nitrogen and oxygen atoms in total. The van der Waals surface area contributed by atoms with Gasteiger partial charge in [-0.1, -0.05) is 43.0 Å². The van der Waals surface area contributed by atoms with Gasteiger partial charge >= 0.3 is 5.97 Å². The molecule has 29 heavy (non-hydrogen) atoms. The Kier molecular flexibility index (Phi) is 7.03. The van der Waals surface area contributed by atoms with Crippen molar-refractivity contribution in [2.45, 2.75) is 10.9 Å². The summed E-state index contributed by atoms with van der Waals surface area (Å²) in [6.45, 7) is 7.22. The van der Waals surface area contributed by atoms with Crippen molar-refractivity contribution in [1.29, 1.82) is 0 Å². The second-order valence-corrected chi connectivity index (χ2v) is 7.84. The van der Waals surface area contributed by atoms with Crippen molar-refractivity contribution in [3.05, 3.63) is 95.1 Å². The zero-order valence-electron chi connectivity index (χ0n) is 15.7. The van der Waals surface area contributed by atoms with E-state index in [0.717, 1.165) is 28.6 Å². The Morgan fingerprint density at radius 2 is 1.79 bits per heavy atom. The quantitative estimate of drug-likeness (QED) is 0.204. The lowest BCUT2D eigenvalue weighted by Gasteiger charge is -2.31. The molecule has 0 fully saturated rings. The van der Waals surface area contributed by atoms with E-state index in [-0.39, 0.29) is 22.7 Å². The number of methoxy groups -OCH3 is 1. The Bertz CT molecular complexity index is 1020. The Balaban J connectivity index is 2.62. The molecule has 1 atom stereocenters. The number of hydrogen-bond acceptors (Lipinski definition) is 6. The zero-order chi connectivity index (χ0) is 21.6. The summed E-state index contributed by atoms with van der Waals surface area (Å²) in [5.74, 6) is -0.758. The fourth-order valence-electron chi connectivity index (χ4n) is 2.76. The fraction of sp³-hybridized carbons (Fsp3) is 0.150. The van der Waals surface area contributed by atoms with Crippen molar-refractivity contribution < 1.29 is 22.9 Å². The molecule has 9 heteroatoms. The van der Waals surface area contributed by atoms with Crippen LogP contribution in [0.4, 0.5) is 5.69 Å². The highest BCUT2D eigenvalue weighted by atomic mass is 32.2. The molecule has 0 saturated heterocycles. The molecular weight excluding hydrogens is 396 g/mol. The van der Waals surface area contributed by atoms with Gasteiger partial charge in [0.1, 0.15) is 0 Å². The van der Waals surface area contributed by atoms with E-state index >= 15 is 0 Å². The van der Waals surface area contributed by atoms with Gasteiger partial charge in [0.2, 0.25) is 10.0 Å². The molecule has 2 aromatic rings. The van der Waals surface area contributed by atoms with Crippen molar-refractivity contribution in [1.82, 2.24) is 4.31 Å². The molecule has 2 aromatic carbocycles. The topological polar surface area (TPSA) is 107 Å². The highest BCUT2D eigenvalue weighted by molar-refractivity contribution is 7.89. The number of hydrogen-bond donors (Lipinski definition) is 0. The largest absolute Gasteiger partial charge is 0.466 e. The van der Waals surface area contributed by atoms with Gasteiger partial charge in [-0.05, 0) is 17.7 Å². The monoisotopic (exact) mass is 416 g/mol. The van der Waals surface area contributed by atoms with E-state index < -0.39 is 27.0 Å². The third-order valence-corrected chi connectivity index (χ3v) is 5.99. The number of esters is 1. The van der Waals surface area contributed by atoms with Crippen molar-refractivity contribution in [2.75, 3.05) is 13.7 Å². The normalized spacial score (nSPS) is 12.2. The molecule has 1 unspecified atom stereocenters. The average molecular weight is 416 g/mol. The van der Waals surface area contributed by atoms with Crippen LogP contribution in [-0.2, 0) is 19.6 Å². The van der Waals surface area contributed by atoms with Crippen LogP contribution in [0.25, 0.3) is 0 Å². The molecule has 152 valence electrons. The lowest BCUT2D eigenvalue weighted by atomic mass is 10.00. The molecule has 0 spiro atoms. The van der Waals surface area contributed by atoms with Crippen LogP contribution in [0.15, 0.2) is 84.3 Å². The van der Waals surface area contributed by atoms with Gasteiger partial charge in [-0.15, -0.1) is 6.58 Å². The van der Waals surface area contributed by atoms with Gasteiger partial charge in [0.05, 0.1) is 28.5 Å². The van der Waals surface area contributed by atoms with E-state index in [1.807, 2.05) is 0 Å². The van der Waals surface area contributed by atoms with Crippen molar-refractivity contribution >= 4 is 21.7 Å².